The third kappa shape index (κ3) is 4.90. The number of aromatic nitrogens is 2. The number of piperidine rings is 1. The third-order valence-corrected chi connectivity index (χ3v) is 7.73. The lowest BCUT2D eigenvalue weighted by atomic mass is 9.99. The van der Waals surface area contributed by atoms with Crippen LogP contribution in [0.15, 0.2) is 52.0 Å². The Labute approximate surface area is 197 Å². The molecule has 0 bridgehead atoms. The molecule has 1 aliphatic heterocycles. The molecule has 1 N–H and O–H groups in total. The molecule has 0 saturated carbocycles. The van der Waals surface area contributed by atoms with Crippen LogP contribution in [0.3, 0.4) is 0 Å². The summed E-state index contributed by atoms with van der Waals surface area (Å²) >= 11 is 0. The maximum Gasteiger partial charge on any atom is 0.248 e. The lowest BCUT2D eigenvalue weighted by Crippen LogP contribution is -2.44. The van der Waals surface area contributed by atoms with Gasteiger partial charge in [0.15, 0.2) is 5.76 Å². The van der Waals surface area contributed by atoms with Gasteiger partial charge in [0.05, 0.1) is 13.0 Å². The number of hydrogen-bond donors (Lipinski definition) is 1. The van der Waals surface area contributed by atoms with Crippen molar-refractivity contribution < 1.29 is 27.2 Å². The van der Waals surface area contributed by atoms with E-state index in [0.29, 0.717) is 42.3 Å². The summed E-state index contributed by atoms with van der Waals surface area (Å²) in [6.45, 7) is 3.54. The van der Waals surface area contributed by atoms with Crippen LogP contribution in [0.4, 0.5) is 5.69 Å². The second-order valence-corrected chi connectivity index (χ2v) is 9.85. The number of nitrogens with one attached hydrogen (secondary N) is 1. The molecule has 10 nitrogen and oxygen atoms in total. The number of ether oxygens (including phenoxy) is 2. The minimum absolute atomic E-state index is 0.0627. The van der Waals surface area contributed by atoms with Gasteiger partial charge < -0.3 is 19.3 Å². The average molecular weight is 487 g/mol. The summed E-state index contributed by atoms with van der Waals surface area (Å²) in [5.74, 6) is 0.862. The van der Waals surface area contributed by atoms with Gasteiger partial charge >= 0.3 is 0 Å². The number of anilines is 1. The van der Waals surface area contributed by atoms with E-state index >= 15 is 0 Å². The van der Waals surface area contributed by atoms with Crippen LogP contribution >= 0.6 is 0 Å². The van der Waals surface area contributed by atoms with Crippen molar-refractivity contribution in [3.63, 3.8) is 0 Å². The number of rotatable bonds is 7. The Morgan fingerprint density at radius 2 is 1.91 bits per heavy atom. The second-order valence-electron chi connectivity index (χ2n) is 7.98. The highest BCUT2D eigenvalue weighted by molar-refractivity contribution is 7.89. The molecule has 1 aliphatic rings. The van der Waals surface area contributed by atoms with Crippen molar-refractivity contribution in [2.24, 2.45) is 5.92 Å². The highest BCUT2D eigenvalue weighted by atomic mass is 32.2. The molecule has 3 heterocycles. The number of aryl methyl sites for hydroxylation is 2. The van der Waals surface area contributed by atoms with E-state index in [9.17, 15) is 13.2 Å². The predicted octanol–water partition coefficient (Wildman–Crippen LogP) is 3.53. The van der Waals surface area contributed by atoms with Gasteiger partial charge in [0, 0.05) is 19.3 Å². The van der Waals surface area contributed by atoms with Crippen molar-refractivity contribution >= 4 is 21.6 Å². The van der Waals surface area contributed by atoms with Crippen LogP contribution in [0, 0.1) is 19.8 Å². The molecule has 1 aromatic carbocycles. The molecule has 11 heteroatoms. The molecule has 1 unspecified atom stereocenters. The Balaban J connectivity index is 1.48. The number of carbonyl (C=O) groups excluding carboxylic acids is 1. The molecule has 1 fully saturated rings. The van der Waals surface area contributed by atoms with E-state index < -0.39 is 15.9 Å². The molecular weight excluding hydrogens is 460 g/mol. The molecule has 1 saturated heterocycles. The Morgan fingerprint density at radius 1 is 1.18 bits per heavy atom. The molecular formula is C23H26N4O6S. The summed E-state index contributed by atoms with van der Waals surface area (Å²) in [6, 6.07) is 10.4. The summed E-state index contributed by atoms with van der Waals surface area (Å²) < 4.78 is 43.7. The average Bonchev–Trinajstić information content (AvgIpc) is 3.19. The molecule has 34 heavy (non-hydrogen) atoms. The van der Waals surface area contributed by atoms with Gasteiger partial charge in [-0.25, -0.2) is 13.4 Å². The number of carbonyl (C=O) groups is 1. The van der Waals surface area contributed by atoms with Crippen LogP contribution in [-0.2, 0) is 14.8 Å². The van der Waals surface area contributed by atoms with E-state index in [4.69, 9.17) is 14.0 Å². The number of methoxy groups -OCH3 is 1. The molecule has 2 aromatic heterocycles. The Morgan fingerprint density at radius 3 is 2.59 bits per heavy atom. The van der Waals surface area contributed by atoms with E-state index in [1.807, 2.05) is 0 Å². The Hall–Kier alpha value is -3.44. The Bertz CT molecular complexity index is 1250. The van der Waals surface area contributed by atoms with E-state index in [2.05, 4.69) is 15.5 Å². The van der Waals surface area contributed by atoms with Crippen LogP contribution in [0.5, 0.6) is 17.4 Å². The van der Waals surface area contributed by atoms with Gasteiger partial charge in [0.25, 0.3) is 0 Å². The van der Waals surface area contributed by atoms with E-state index in [-0.39, 0.29) is 29.0 Å². The first-order valence-corrected chi connectivity index (χ1v) is 12.2. The highest BCUT2D eigenvalue weighted by Gasteiger charge is 2.36. The van der Waals surface area contributed by atoms with Crippen molar-refractivity contribution in [2.75, 3.05) is 25.5 Å². The number of pyridine rings is 1. The minimum Gasteiger partial charge on any atom is -0.497 e. The van der Waals surface area contributed by atoms with Crippen LogP contribution in [0.2, 0.25) is 0 Å². The van der Waals surface area contributed by atoms with Crippen molar-refractivity contribution in [1.29, 1.82) is 0 Å². The molecule has 1 amide bonds. The lowest BCUT2D eigenvalue weighted by molar-refractivity contribution is -0.120. The largest absolute Gasteiger partial charge is 0.497 e. The van der Waals surface area contributed by atoms with Crippen molar-refractivity contribution in [3.8, 4) is 17.4 Å². The summed E-state index contributed by atoms with van der Waals surface area (Å²) in [4.78, 5) is 17.4. The first-order valence-electron chi connectivity index (χ1n) is 10.8. The maximum absolute atomic E-state index is 13.2. The zero-order valence-electron chi connectivity index (χ0n) is 19.1. The lowest BCUT2D eigenvalue weighted by Gasteiger charge is -2.31. The number of nitrogens with zero attached hydrogens (tertiary/aromatic N) is 3. The number of sulfonamides is 1. The Kier molecular flexibility index (Phi) is 6.85. The van der Waals surface area contributed by atoms with Gasteiger partial charge in [-0.1, -0.05) is 5.16 Å². The molecule has 180 valence electrons. The summed E-state index contributed by atoms with van der Waals surface area (Å²) in [7, 11) is -2.25. The van der Waals surface area contributed by atoms with Gasteiger partial charge in [-0.3, -0.25) is 4.79 Å². The highest BCUT2D eigenvalue weighted by Crippen LogP contribution is 2.31. The normalized spacial score (nSPS) is 16.7. The van der Waals surface area contributed by atoms with Crippen molar-refractivity contribution in [2.45, 2.75) is 31.6 Å². The van der Waals surface area contributed by atoms with Crippen LogP contribution < -0.4 is 14.8 Å². The number of benzene rings is 1. The summed E-state index contributed by atoms with van der Waals surface area (Å²) in [5, 5.41) is 6.60. The summed E-state index contributed by atoms with van der Waals surface area (Å²) in [6.07, 6.45) is 2.68. The van der Waals surface area contributed by atoms with E-state index in [1.54, 1.807) is 63.6 Å². The minimum atomic E-state index is -3.82. The quantitative estimate of drug-likeness (QED) is 0.538. The van der Waals surface area contributed by atoms with E-state index in [1.165, 1.54) is 4.31 Å². The fourth-order valence-electron chi connectivity index (χ4n) is 3.90. The fraction of sp³-hybridized carbons (Fsp3) is 0.348. The van der Waals surface area contributed by atoms with Crippen LogP contribution in [0.1, 0.15) is 24.3 Å². The SMILES string of the molecule is COc1ccc(Oc2ncccc2NC(=O)C2CCCN(S(=O)(=O)c3c(C)noc3C)C2)cc1. The summed E-state index contributed by atoms with van der Waals surface area (Å²) in [5.41, 5.74) is 0.703. The van der Waals surface area contributed by atoms with Crippen molar-refractivity contribution in [3.05, 3.63) is 54.0 Å². The maximum atomic E-state index is 13.2. The molecule has 0 aliphatic carbocycles. The molecule has 0 spiro atoms. The predicted molar refractivity (Wildman–Crippen MR) is 123 cm³/mol. The zero-order chi connectivity index (χ0) is 24.3. The number of hydrogen-bond acceptors (Lipinski definition) is 8. The first-order chi connectivity index (χ1) is 16.3. The van der Waals surface area contributed by atoms with Gasteiger partial charge in [-0.05, 0) is 63.1 Å². The standard InChI is InChI=1S/C23H26N4O6S/c1-15-21(16(2)33-26-15)34(29,30)27-13-5-6-17(14-27)22(28)25-20-7-4-12-24-23(20)32-19-10-8-18(31-3)9-11-19/h4,7-12,17H,5-6,13-14H2,1-3H3,(H,25,28). The molecule has 3 aromatic rings. The molecule has 1 atom stereocenters. The third-order valence-electron chi connectivity index (χ3n) is 5.62. The molecule has 4 rings (SSSR count). The van der Waals surface area contributed by atoms with Gasteiger partial charge in [-0.15, -0.1) is 0 Å². The number of amides is 1. The topological polar surface area (TPSA) is 124 Å². The smallest absolute Gasteiger partial charge is 0.248 e. The van der Waals surface area contributed by atoms with Gasteiger partial charge in [0.1, 0.15) is 27.8 Å². The van der Waals surface area contributed by atoms with Crippen LogP contribution in [0.25, 0.3) is 0 Å². The van der Waals surface area contributed by atoms with Crippen LogP contribution in [-0.4, -0.2) is 49.0 Å². The van der Waals surface area contributed by atoms with E-state index in [0.717, 1.165) is 0 Å². The first kappa shape index (κ1) is 23.7. The second kappa shape index (κ2) is 9.82. The van der Waals surface area contributed by atoms with Crippen molar-refractivity contribution in [1.82, 2.24) is 14.4 Å². The monoisotopic (exact) mass is 486 g/mol. The van der Waals surface area contributed by atoms with Gasteiger partial charge in [-0.2, -0.15) is 4.31 Å². The fourth-order valence-corrected chi connectivity index (χ4v) is 5.72. The van der Waals surface area contributed by atoms with Gasteiger partial charge in [0.2, 0.25) is 21.8 Å². The zero-order valence-corrected chi connectivity index (χ0v) is 20.0. The molecule has 0 radical (unpaired) electrons.